The Morgan fingerprint density at radius 2 is 1.91 bits per heavy atom. The second-order valence-electron chi connectivity index (χ2n) is 4.53. The summed E-state index contributed by atoms with van der Waals surface area (Å²) in [7, 11) is -3.98. The first-order valence-electron chi connectivity index (χ1n) is 6.28. The van der Waals surface area contributed by atoms with Crippen molar-refractivity contribution in [2.24, 2.45) is 0 Å². The number of aryl methyl sites for hydroxylation is 1. The summed E-state index contributed by atoms with van der Waals surface area (Å²) in [5.41, 5.74) is 2.58. The third-order valence-corrected chi connectivity index (χ3v) is 4.20. The quantitative estimate of drug-likeness (QED) is 0.639. The Morgan fingerprint density at radius 1 is 1.18 bits per heavy atom. The zero-order valence-corrected chi connectivity index (χ0v) is 12.7. The van der Waals surface area contributed by atoms with Gasteiger partial charge in [0.1, 0.15) is 5.76 Å². The van der Waals surface area contributed by atoms with Gasteiger partial charge in [-0.1, -0.05) is 12.1 Å². The van der Waals surface area contributed by atoms with E-state index >= 15 is 0 Å². The fourth-order valence-electron chi connectivity index (χ4n) is 1.74. The van der Waals surface area contributed by atoms with Gasteiger partial charge < -0.3 is 4.42 Å². The maximum absolute atomic E-state index is 12.1. The number of hydrogen-bond donors (Lipinski definition) is 2. The van der Waals surface area contributed by atoms with Crippen LogP contribution >= 0.6 is 0 Å². The van der Waals surface area contributed by atoms with Gasteiger partial charge in [0.25, 0.3) is 15.9 Å². The van der Waals surface area contributed by atoms with Gasteiger partial charge in [-0.25, -0.2) is 8.42 Å². The number of Topliss-reactive ketones (excluding diaryl/α,β-unsaturated/α-hetero) is 1. The molecule has 0 fully saturated rings. The molecular formula is C14H14N2O5S. The molecule has 0 atom stereocenters. The minimum absolute atomic E-state index is 0.121. The lowest BCUT2D eigenvalue weighted by molar-refractivity contribution is 0.0942. The molecule has 0 aliphatic rings. The third kappa shape index (κ3) is 3.41. The van der Waals surface area contributed by atoms with Crippen LogP contribution in [0.5, 0.6) is 0 Å². The van der Waals surface area contributed by atoms with E-state index in [1.165, 1.54) is 43.5 Å². The van der Waals surface area contributed by atoms with Crippen molar-refractivity contribution in [3.05, 3.63) is 53.5 Å². The molecule has 116 valence electrons. The smallest absolute Gasteiger partial charge is 0.269 e. The molecule has 0 aliphatic carbocycles. The van der Waals surface area contributed by atoms with Gasteiger partial charge in [0.15, 0.2) is 5.78 Å². The molecule has 0 aliphatic heterocycles. The van der Waals surface area contributed by atoms with Crippen LogP contribution < -0.4 is 10.3 Å². The SMILES string of the molecule is CC(=O)c1cccc(S(=O)(=O)NNC(=O)c2ccoc2C)c1. The normalized spacial score (nSPS) is 11.2. The molecule has 0 saturated heterocycles. The standard InChI is InChI=1S/C14H14N2O5S/c1-9(17)11-4-3-5-12(8-11)22(19,20)16-15-14(18)13-6-7-21-10(13)2/h3-8,16H,1-2H3,(H,15,18). The van der Waals surface area contributed by atoms with Gasteiger partial charge in [-0.15, -0.1) is 4.83 Å². The van der Waals surface area contributed by atoms with E-state index in [2.05, 4.69) is 5.43 Å². The maximum atomic E-state index is 12.1. The highest BCUT2D eigenvalue weighted by Crippen LogP contribution is 2.12. The molecule has 0 saturated carbocycles. The predicted molar refractivity (Wildman–Crippen MR) is 77.7 cm³/mol. The first-order chi connectivity index (χ1) is 10.3. The third-order valence-electron chi connectivity index (χ3n) is 2.95. The summed E-state index contributed by atoms with van der Waals surface area (Å²) in [6.07, 6.45) is 1.33. The second-order valence-corrected chi connectivity index (χ2v) is 6.22. The number of ketones is 1. The lowest BCUT2D eigenvalue weighted by Gasteiger charge is -2.08. The van der Waals surface area contributed by atoms with Crippen molar-refractivity contribution in [1.29, 1.82) is 0 Å². The summed E-state index contributed by atoms with van der Waals surface area (Å²) < 4.78 is 29.2. The average molecular weight is 322 g/mol. The van der Waals surface area contributed by atoms with Crippen molar-refractivity contribution in [2.45, 2.75) is 18.7 Å². The maximum Gasteiger partial charge on any atom is 0.269 e. The minimum atomic E-state index is -3.98. The highest BCUT2D eigenvalue weighted by Gasteiger charge is 2.18. The van der Waals surface area contributed by atoms with Crippen LogP contribution in [0.2, 0.25) is 0 Å². The lowest BCUT2D eigenvalue weighted by Crippen LogP contribution is -2.41. The van der Waals surface area contributed by atoms with E-state index in [4.69, 9.17) is 4.42 Å². The van der Waals surface area contributed by atoms with Crippen molar-refractivity contribution in [1.82, 2.24) is 10.3 Å². The second kappa shape index (κ2) is 6.12. The van der Waals surface area contributed by atoms with Crippen LogP contribution in [0.1, 0.15) is 33.4 Å². The molecule has 1 heterocycles. The minimum Gasteiger partial charge on any atom is -0.469 e. The monoisotopic (exact) mass is 322 g/mol. The van der Waals surface area contributed by atoms with Crippen molar-refractivity contribution >= 4 is 21.7 Å². The summed E-state index contributed by atoms with van der Waals surface area (Å²) in [6, 6.07) is 6.95. The zero-order chi connectivity index (χ0) is 16.3. The molecule has 0 bridgehead atoms. The summed E-state index contributed by atoms with van der Waals surface area (Å²) in [5, 5.41) is 0. The molecule has 2 aromatic rings. The Bertz CT molecular complexity index is 823. The fraction of sp³-hybridized carbons (Fsp3) is 0.143. The number of carbonyl (C=O) groups excluding carboxylic acids is 2. The number of hydrogen-bond acceptors (Lipinski definition) is 5. The number of amides is 1. The van der Waals surface area contributed by atoms with Gasteiger partial charge in [-0.3, -0.25) is 15.0 Å². The number of nitrogens with one attached hydrogen (secondary N) is 2. The number of benzene rings is 1. The van der Waals surface area contributed by atoms with Gasteiger partial charge in [0.05, 0.1) is 16.7 Å². The molecular weight excluding hydrogens is 308 g/mol. The van der Waals surface area contributed by atoms with Crippen LogP contribution in [0.4, 0.5) is 0 Å². The molecule has 1 aromatic carbocycles. The van der Waals surface area contributed by atoms with E-state index < -0.39 is 15.9 Å². The van der Waals surface area contributed by atoms with E-state index in [0.717, 1.165) is 0 Å². The summed E-state index contributed by atoms with van der Waals surface area (Å²) in [5.74, 6) is -0.525. The molecule has 0 spiro atoms. The Balaban J connectivity index is 2.15. The molecule has 0 unspecified atom stereocenters. The van der Waals surface area contributed by atoms with E-state index in [9.17, 15) is 18.0 Å². The van der Waals surface area contributed by atoms with Crippen molar-refractivity contribution in [2.75, 3.05) is 0 Å². The molecule has 22 heavy (non-hydrogen) atoms. The van der Waals surface area contributed by atoms with E-state index in [1.807, 2.05) is 4.83 Å². The number of sulfonamides is 1. The fourth-order valence-corrected chi connectivity index (χ4v) is 2.63. The molecule has 7 nitrogen and oxygen atoms in total. The summed E-state index contributed by atoms with van der Waals surface area (Å²) >= 11 is 0. The Kier molecular flexibility index (Phi) is 4.43. The van der Waals surface area contributed by atoms with Gasteiger partial charge in [-0.2, -0.15) is 0 Å². The van der Waals surface area contributed by atoms with Gasteiger partial charge in [-0.05, 0) is 32.0 Å². The van der Waals surface area contributed by atoms with Crippen LogP contribution in [-0.2, 0) is 10.0 Å². The summed E-state index contributed by atoms with van der Waals surface area (Å²) in [6.45, 7) is 2.92. The van der Waals surface area contributed by atoms with Crippen molar-refractivity contribution in [3.63, 3.8) is 0 Å². The summed E-state index contributed by atoms with van der Waals surface area (Å²) in [4.78, 5) is 25.0. The largest absolute Gasteiger partial charge is 0.469 e. The van der Waals surface area contributed by atoms with Crippen molar-refractivity contribution < 1.29 is 22.4 Å². The highest BCUT2D eigenvalue weighted by molar-refractivity contribution is 7.89. The Morgan fingerprint density at radius 3 is 2.50 bits per heavy atom. The molecule has 2 N–H and O–H groups in total. The Hall–Kier alpha value is -2.45. The topological polar surface area (TPSA) is 105 Å². The number of hydrazine groups is 1. The number of carbonyl (C=O) groups is 2. The molecule has 2 rings (SSSR count). The number of furan rings is 1. The average Bonchev–Trinajstić information content (AvgIpc) is 2.91. The molecule has 1 aromatic heterocycles. The van der Waals surface area contributed by atoms with E-state index in [1.54, 1.807) is 6.92 Å². The lowest BCUT2D eigenvalue weighted by atomic mass is 10.2. The van der Waals surface area contributed by atoms with Gasteiger partial charge >= 0.3 is 0 Å². The van der Waals surface area contributed by atoms with E-state index in [-0.39, 0.29) is 21.8 Å². The Labute approximate surface area is 127 Å². The van der Waals surface area contributed by atoms with Crippen LogP contribution in [0, 0.1) is 6.92 Å². The molecule has 1 amide bonds. The van der Waals surface area contributed by atoms with Crippen LogP contribution in [0.15, 0.2) is 45.9 Å². The van der Waals surface area contributed by atoms with Gasteiger partial charge in [0, 0.05) is 5.56 Å². The number of rotatable bonds is 5. The van der Waals surface area contributed by atoms with Gasteiger partial charge in [0.2, 0.25) is 0 Å². The zero-order valence-electron chi connectivity index (χ0n) is 11.9. The predicted octanol–water partition coefficient (Wildman–Crippen LogP) is 1.41. The highest BCUT2D eigenvalue weighted by atomic mass is 32.2. The first-order valence-corrected chi connectivity index (χ1v) is 7.77. The van der Waals surface area contributed by atoms with Crippen LogP contribution in [0.25, 0.3) is 0 Å². The molecule has 0 radical (unpaired) electrons. The first kappa shape index (κ1) is 15.9. The van der Waals surface area contributed by atoms with Crippen molar-refractivity contribution in [3.8, 4) is 0 Å². The van der Waals surface area contributed by atoms with Crippen LogP contribution in [-0.4, -0.2) is 20.1 Å². The van der Waals surface area contributed by atoms with E-state index in [0.29, 0.717) is 5.76 Å². The molecule has 8 heteroatoms. The van der Waals surface area contributed by atoms with Crippen LogP contribution in [0.3, 0.4) is 0 Å².